The molecule has 0 fully saturated rings. The molecule has 0 aliphatic heterocycles. The van der Waals surface area contributed by atoms with Gasteiger partial charge in [-0.05, 0) is 51.9 Å². The molecule has 23 heavy (non-hydrogen) atoms. The minimum atomic E-state index is -0.0465. The van der Waals surface area contributed by atoms with E-state index in [1.165, 1.54) is 0 Å². The van der Waals surface area contributed by atoms with Gasteiger partial charge in [0.25, 0.3) is 0 Å². The number of hydrogen-bond donors (Lipinski definition) is 0. The molecule has 0 unspecified atom stereocenters. The van der Waals surface area contributed by atoms with E-state index in [9.17, 15) is 0 Å². The van der Waals surface area contributed by atoms with Crippen LogP contribution in [-0.4, -0.2) is 51.8 Å². The van der Waals surface area contributed by atoms with Crippen LogP contribution in [0.15, 0.2) is 0 Å². The van der Waals surface area contributed by atoms with Gasteiger partial charge in [-0.25, -0.2) is 0 Å². The molecule has 0 heterocycles. The van der Waals surface area contributed by atoms with E-state index in [2.05, 4.69) is 41.5 Å². The molecule has 4 nitrogen and oxygen atoms in total. The summed E-state index contributed by atoms with van der Waals surface area (Å²) in [6.07, 6.45) is 4.05. The Bertz CT molecular complexity index is 227. The smallest absolute Gasteiger partial charge is 0.0598 e. The summed E-state index contributed by atoms with van der Waals surface area (Å²) in [5.74, 6) is 0. The van der Waals surface area contributed by atoms with Crippen LogP contribution >= 0.6 is 0 Å². The summed E-state index contributed by atoms with van der Waals surface area (Å²) in [5.41, 5.74) is 0.203. The highest BCUT2D eigenvalue weighted by atomic mass is 16.5. The highest BCUT2D eigenvalue weighted by Gasteiger charge is 2.09. The van der Waals surface area contributed by atoms with Crippen LogP contribution in [0.4, 0.5) is 0 Å². The minimum absolute atomic E-state index is 0.0465. The van der Waals surface area contributed by atoms with E-state index in [-0.39, 0.29) is 11.0 Å². The van der Waals surface area contributed by atoms with Gasteiger partial charge in [-0.1, -0.05) is 20.8 Å². The molecule has 0 radical (unpaired) electrons. The lowest BCUT2D eigenvalue weighted by Gasteiger charge is -2.19. The molecule has 0 aromatic rings. The second-order valence-corrected chi connectivity index (χ2v) is 8.21. The second kappa shape index (κ2) is 13.2. The molecule has 4 heteroatoms. The van der Waals surface area contributed by atoms with Crippen LogP contribution in [0.5, 0.6) is 0 Å². The fourth-order valence-corrected chi connectivity index (χ4v) is 1.79. The lowest BCUT2D eigenvalue weighted by molar-refractivity contribution is -0.0143. The Morgan fingerprint density at radius 1 is 0.522 bits per heavy atom. The molecular weight excluding hydrogens is 292 g/mol. The van der Waals surface area contributed by atoms with E-state index in [0.717, 1.165) is 71.9 Å². The Morgan fingerprint density at radius 3 is 1.43 bits per heavy atom. The molecule has 0 aromatic carbocycles. The standard InChI is InChI=1S/C19H40O4/c1-18(2,3)17-22-15-9-13-20-11-7-8-12-21-14-10-16-23-19(4,5)6/h7-17H2,1-6H3. The zero-order chi connectivity index (χ0) is 17.6. The Labute approximate surface area is 144 Å². The van der Waals surface area contributed by atoms with Crippen LogP contribution < -0.4 is 0 Å². The maximum Gasteiger partial charge on any atom is 0.0598 e. The van der Waals surface area contributed by atoms with Gasteiger partial charge in [0.1, 0.15) is 0 Å². The minimum Gasteiger partial charge on any atom is -0.381 e. The molecule has 0 atom stereocenters. The summed E-state index contributed by atoms with van der Waals surface area (Å²) in [6, 6.07) is 0. The van der Waals surface area contributed by atoms with Crippen molar-refractivity contribution in [2.24, 2.45) is 5.41 Å². The van der Waals surface area contributed by atoms with Gasteiger partial charge in [0.15, 0.2) is 0 Å². The van der Waals surface area contributed by atoms with E-state index >= 15 is 0 Å². The second-order valence-electron chi connectivity index (χ2n) is 8.21. The van der Waals surface area contributed by atoms with Crippen LogP contribution in [0.25, 0.3) is 0 Å². The maximum atomic E-state index is 5.64. The zero-order valence-electron chi connectivity index (χ0n) is 16.4. The average Bonchev–Trinajstić information content (AvgIpc) is 2.40. The van der Waals surface area contributed by atoms with Crippen molar-refractivity contribution in [2.45, 2.75) is 72.8 Å². The predicted octanol–water partition coefficient (Wildman–Crippen LogP) is 4.46. The predicted molar refractivity (Wildman–Crippen MR) is 96.1 cm³/mol. The molecule has 0 bridgehead atoms. The summed E-state index contributed by atoms with van der Waals surface area (Å²) < 4.78 is 22.4. The largest absolute Gasteiger partial charge is 0.381 e. The van der Waals surface area contributed by atoms with Crippen molar-refractivity contribution < 1.29 is 18.9 Å². The molecule has 0 aromatic heterocycles. The maximum absolute atomic E-state index is 5.64. The van der Waals surface area contributed by atoms with Gasteiger partial charge in [-0.2, -0.15) is 0 Å². The lowest BCUT2D eigenvalue weighted by Crippen LogP contribution is -2.20. The Morgan fingerprint density at radius 2 is 0.957 bits per heavy atom. The van der Waals surface area contributed by atoms with Crippen LogP contribution in [0, 0.1) is 5.41 Å². The van der Waals surface area contributed by atoms with Crippen molar-refractivity contribution in [1.82, 2.24) is 0 Å². The third kappa shape index (κ3) is 21.8. The number of hydrogen-bond acceptors (Lipinski definition) is 4. The fraction of sp³-hybridized carbons (Fsp3) is 1.00. The molecule has 140 valence electrons. The normalized spacial score (nSPS) is 12.8. The molecule has 0 amide bonds. The first-order valence-corrected chi connectivity index (χ1v) is 9.08. The highest BCUT2D eigenvalue weighted by Crippen LogP contribution is 2.12. The van der Waals surface area contributed by atoms with Crippen molar-refractivity contribution >= 4 is 0 Å². The van der Waals surface area contributed by atoms with Gasteiger partial charge in [0.2, 0.25) is 0 Å². The molecule has 0 saturated carbocycles. The SMILES string of the molecule is CC(C)(C)COCCCOCCCCOCCCOC(C)(C)C. The van der Waals surface area contributed by atoms with Gasteiger partial charge >= 0.3 is 0 Å². The number of ether oxygens (including phenoxy) is 4. The topological polar surface area (TPSA) is 36.9 Å². The van der Waals surface area contributed by atoms with Gasteiger partial charge in [0.05, 0.1) is 12.2 Å². The molecule has 0 aliphatic rings. The van der Waals surface area contributed by atoms with Crippen LogP contribution in [0.3, 0.4) is 0 Å². The first-order valence-electron chi connectivity index (χ1n) is 9.08. The summed E-state index contributed by atoms with van der Waals surface area (Å²) in [5, 5.41) is 0. The van der Waals surface area contributed by atoms with Crippen molar-refractivity contribution in [2.75, 3.05) is 46.2 Å². The van der Waals surface area contributed by atoms with Gasteiger partial charge in [-0.3, -0.25) is 0 Å². The monoisotopic (exact) mass is 332 g/mol. The number of rotatable bonds is 14. The lowest BCUT2D eigenvalue weighted by atomic mass is 9.99. The van der Waals surface area contributed by atoms with Crippen molar-refractivity contribution in [3.63, 3.8) is 0 Å². The van der Waals surface area contributed by atoms with Gasteiger partial charge in [0, 0.05) is 39.6 Å². The average molecular weight is 333 g/mol. The fourth-order valence-electron chi connectivity index (χ4n) is 1.79. The molecule has 0 spiro atoms. The van der Waals surface area contributed by atoms with E-state index in [1.54, 1.807) is 0 Å². The third-order valence-electron chi connectivity index (χ3n) is 2.91. The van der Waals surface area contributed by atoms with Crippen molar-refractivity contribution in [3.8, 4) is 0 Å². The first kappa shape index (κ1) is 22.8. The van der Waals surface area contributed by atoms with E-state index in [4.69, 9.17) is 18.9 Å². The quantitative estimate of drug-likeness (QED) is 0.440. The summed E-state index contributed by atoms with van der Waals surface area (Å²) in [6.45, 7) is 18.3. The molecular formula is C19H40O4. The highest BCUT2D eigenvalue weighted by molar-refractivity contribution is 4.59. The zero-order valence-corrected chi connectivity index (χ0v) is 16.4. The Balaban J connectivity index is 3.08. The van der Waals surface area contributed by atoms with E-state index in [1.807, 2.05) is 0 Å². The van der Waals surface area contributed by atoms with Crippen molar-refractivity contribution in [1.29, 1.82) is 0 Å². The first-order chi connectivity index (χ1) is 10.7. The van der Waals surface area contributed by atoms with E-state index in [0.29, 0.717) is 0 Å². The summed E-state index contributed by atoms with van der Waals surface area (Å²) in [7, 11) is 0. The molecule has 0 rings (SSSR count). The summed E-state index contributed by atoms with van der Waals surface area (Å²) >= 11 is 0. The Kier molecular flexibility index (Phi) is 13.1. The van der Waals surface area contributed by atoms with Crippen LogP contribution in [0.1, 0.15) is 67.2 Å². The van der Waals surface area contributed by atoms with E-state index < -0.39 is 0 Å². The Hall–Kier alpha value is -0.160. The third-order valence-corrected chi connectivity index (χ3v) is 2.91. The number of unbranched alkanes of at least 4 members (excludes halogenated alkanes) is 1. The molecule has 0 saturated heterocycles. The molecule has 0 N–H and O–H groups in total. The van der Waals surface area contributed by atoms with Gasteiger partial charge in [-0.15, -0.1) is 0 Å². The summed E-state index contributed by atoms with van der Waals surface area (Å²) in [4.78, 5) is 0. The van der Waals surface area contributed by atoms with Crippen molar-refractivity contribution in [3.05, 3.63) is 0 Å². The van der Waals surface area contributed by atoms with Crippen LogP contribution in [0.2, 0.25) is 0 Å². The van der Waals surface area contributed by atoms with Gasteiger partial charge < -0.3 is 18.9 Å². The molecule has 0 aliphatic carbocycles. The van der Waals surface area contributed by atoms with Crippen LogP contribution in [-0.2, 0) is 18.9 Å².